The van der Waals surface area contributed by atoms with Crippen LogP contribution in [-0.2, 0) is 25.6 Å². The van der Waals surface area contributed by atoms with E-state index in [-0.39, 0.29) is 24.8 Å². The molecule has 0 aliphatic rings. The number of aromatic nitrogens is 1. The lowest BCUT2D eigenvalue weighted by Gasteiger charge is -2.20. The largest absolute Gasteiger partial charge is 0.462 e. The molecule has 0 bridgehead atoms. The van der Waals surface area contributed by atoms with Crippen LogP contribution in [0.2, 0.25) is 0 Å². The van der Waals surface area contributed by atoms with Gasteiger partial charge in [-0.1, -0.05) is 59.9 Å². The van der Waals surface area contributed by atoms with Crippen LogP contribution >= 0.6 is 11.3 Å². The Labute approximate surface area is 206 Å². The minimum Gasteiger partial charge on any atom is -0.462 e. The van der Waals surface area contributed by atoms with Crippen molar-refractivity contribution < 1.29 is 28.7 Å². The van der Waals surface area contributed by atoms with Gasteiger partial charge in [-0.25, -0.2) is 9.78 Å². The zero-order valence-electron chi connectivity index (χ0n) is 19.4. The summed E-state index contributed by atoms with van der Waals surface area (Å²) in [6, 6.07) is 17.6. The molecule has 2 aromatic carbocycles. The number of nitrogens with one attached hydrogen (secondary N) is 1. The Hall–Kier alpha value is -4.05. The Morgan fingerprint density at radius 1 is 0.971 bits per heavy atom. The molecule has 1 heterocycles. The fraction of sp³-hybridized carbons (Fsp3) is 0.240. The van der Waals surface area contributed by atoms with Crippen LogP contribution in [0.4, 0.5) is 5.13 Å². The van der Waals surface area contributed by atoms with Crippen LogP contribution in [0.1, 0.15) is 38.2 Å². The van der Waals surface area contributed by atoms with E-state index in [1.165, 1.54) is 4.90 Å². The van der Waals surface area contributed by atoms with Gasteiger partial charge in [-0.2, -0.15) is 0 Å². The van der Waals surface area contributed by atoms with E-state index in [9.17, 15) is 19.2 Å². The van der Waals surface area contributed by atoms with Gasteiger partial charge in [-0.15, -0.1) is 0 Å². The van der Waals surface area contributed by atoms with Crippen LogP contribution in [0, 0.1) is 6.92 Å². The molecule has 35 heavy (non-hydrogen) atoms. The van der Waals surface area contributed by atoms with Crippen LogP contribution < -0.4 is 10.2 Å². The molecule has 0 aliphatic carbocycles. The van der Waals surface area contributed by atoms with E-state index in [0.29, 0.717) is 16.1 Å². The molecule has 0 saturated carbocycles. The number of thiazole rings is 1. The molecule has 0 radical (unpaired) electrons. The van der Waals surface area contributed by atoms with Gasteiger partial charge in [-0.3, -0.25) is 19.3 Å². The van der Waals surface area contributed by atoms with Gasteiger partial charge in [0.05, 0.1) is 18.8 Å². The van der Waals surface area contributed by atoms with E-state index in [4.69, 9.17) is 9.47 Å². The van der Waals surface area contributed by atoms with Crippen molar-refractivity contribution in [3.63, 3.8) is 0 Å². The summed E-state index contributed by atoms with van der Waals surface area (Å²) in [6.07, 6.45) is 0. The molecule has 0 atom stereocenters. The first-order chi connectivity index (χ1) is 16.9. The highest BCUT2D eigenvalue weighted by atomic mass is 32.1. The first-order valence-corrected chi connectivity index (χ1v) is 11.7. The first kappa shape index (κ1) is 25.6. The summed E-state index contributed by atoms with van der Waals surface area (Å²) in [4.78, 5) is 55.5. The number of anilines is 1. The SMILES string of the molecule is CCOC(=O)c1sc(N(Cc2ccccc2)C(=O)COC(=O)CNC(=O)c2ccccc2)nc1C. The van der Waals surface area contributed by atoms with Crippen LogP contribution in [0.25, 0.3) is 0 Å². The van der Waals surface area contributed by atoms with Crippen molar-refractivity contribution in [1.29, 1.82) is 0 Å². The fourth-order valence-corrected chi connectivity index (χ4v) is 4.00. The molecule has 182 valence electrons. The van der Waals surface area contributed by atoms with Crippen molar-refractivity contribution in [2.45, 2.75) is 20.4 Å². The van der Waals surface area contributed by atoms with Crippen molar-refractivity contribution in [2.24, 2.45) is 0 Å². The first-order valence-electron chi connectivity index (χ1n) is 10.9. The van der Waals surface area contributed by atoms with Gasteiger partial charge < -0.3 is 14.8 Å². The van der Waals surface area contributed by atoms with E-state index < -0.39 is 30.4 Å². The van der Waals surface area contributed by atoms with Gasteiger partial charge in [0.2, 0.25) is 0 Å². The average Bonchev–Trinajstić information content (AvgIpc) is 3.26. The quantitative estimate of drug-likeness (QED) is 0.430. The van der Waals surface area contributed by atoms with Crippen molar-refractivity contribution in [3.05, 3.63) is 82.4 Å². The molecule has 9 nitrogen and oxygen atoms in total. The van der Waals surface area contributed by atoms with Crippen LogP contribution in [0.5, 0.6) is 0 Å². The lowest BCUT2D eigenvalue weighted by atomic mass is 10.2. The Kier molecular flexibility index (Phi) is 9.08. The Morgan fingerprint density at radius 2 is 1.63 bits per heavy atom. The van der Waals surface area contributed by atoms with E-state index in [0.717, 1.165) is 16.9 Å². The summed E-state index contributed by atoms with van der Waals surface area (Å²) >= 11 is 1.03. The third kappa shape index (κ3) is 7.21. The predicted octanol–water partition coefficient (Wildman–Crippen LogP) is 3.13. The zero-order valence-corrected chi connectivity index (χ0v) is 20.2. The van der Waals surface area contributed by atoms with E-state index >= 15 is 0 Å². The molecule has 1 aromatic heterocycles. The molecule has 0 spiro atoms. The molecule has 10 heteroatoms. The highest BCUT2D eigenvalue weighted by Crippen LogP contribution is 2.28. The van der Waals surface area contributed by atoms with Crippen LogP contribution in [0.15, 0.2) is 60.7 Å². The fourth-order valence-electron chi connectivity index (χ4n) is 3.03. The minimum atomic E-state index is -0.759. The van der Waals surface area contributed by atoms with Gasteiger partial charge in [0.25, 0.3) is 11.8 Å². The topological polar surface area (TPSA) is 115 Å². The molecule has 3 aromatic rings. The van der Waals surface area contributed by atoms with Crippen molar-refractivity contribution in [1.82, 2.24) is 10.3 Å². The van der Waals surface area contributed by atoms with Gasteiger partial charge in [0.1, 0.15) is 11.4 Å². The molecular formula is C25H25N3O6S. The normalized spacial score (nSPS) is 10.3. The summed E-state index contributed by atoms with van der Waals surface area (Å²) in [5.74, 6) is -2.23. The minimum absolute atomic E-state index is 0.164. The number of rotatable bonds is 10. The summed E-state index contributed by atoms with van der Waals surface area (Å²) < 4.78 is 10.2. The highest BCUT2D eigenvalue weighted by molar-refractivity contribution is 7.17. The number of benzene rings is 2. The van der Waals surface area contributed by atoms with Gasteiger partial charge in [-0.05, 0) is 31.5 Å². The molecule has 0 aliphatic heterocycles. The predicted molar refractivity (Wildman–Crippen MR) is 130 cm³/mol. The highest BCUT2D eigenvalue weighted by Gasteiger charge is 2.25. The lowest BCUT2D eigenvalue weighted by molar-refractivity contribution is -0.146. The number of hydrogen-bond donors (Lipinski definition) is 1. The molecule has 0 fully saturated rings. The summed E-state index contributed by atoms with van der Waals surface area (Å²) in [7, 11) is 0. The molecular weight excluding hydrogens is 470 g/mol. The number of carbonyl (C=O) groups is 4. The number of ether oxygens (including phenoxy) is 2. The lowest BCUT2D eigenvalue weighted by Crippen LogP contribution is -2.36. The Balaban J connectivity index is 1.67. The smallest absolute Gasteiger partial charge is 0.350 e. The maximum absolute atomic E-state index is 13.0. The molecule has 0 saturated heterocycles. The van der Waals surface area contributed by atoms with Crippen LogP contribution in [0.3, 0.4) is 0 Å². The standard InChI is InChI=1S/C25H25N3O6S/c1-3-33-24(32)22-17(2)27-25(35-22)28(15-18-10-6-4-7-11-18)20(29)16-34-21(30)14-26-23(31)19-12-8-5-9-13-19/h4-13H,3,14-16H2,1-2H3,(H,26,31). The number of amides is 2. The molecule has 3 rings (SSSR count). The Bertz CT molecular complexity index is 1180. The number of carbonyl (C=O) groups excluding carboxylic acids is 4. The van der Waals surface area contributed by atoms with Crippen LogP contribution in [-0.4, -0.2) is 48.5 Å². The molecule has 0 unspecified atom stereocenters. The van der Waals surface area contributed by atoms with E-state index in [1.54, 1.807) is 44.2 Å². The summed E-state index contributed by atoms with van der Waals surface area (Å²) in [5, 5.41) is 2.74. The summed E-state index contributed by atoms with van der Waals surface area (Å²) in [5.41, 5.74) is 1.67. The van der Waals surface area contributed by atoms with E-state index in [1.807, 2.05) is 30.3 Å². The van der Waals surface area contributed by atoms with Gasteiger partial charge in [0, 0.05) is 5.56 Å². The van der Waals surface area contributed by atoms with Crippen molar-refractivity contribution in [2.75, 3.05) is 24.7 Å². The number of nitrogens with zero attached hydrogens (tertiary/aromatic N) is 2. The third-order valence-electron chi connectivity index (χ3n) is 4.75. The van der Waals surface area contributed by atoms with E-state index in [2.05, 4.69) is 10.3 Å². The number of aryl methyl sites for hydroxylation is 1. The second kappa shape index (κ2) is 12.4. The van der Waals surface area contributed by atoms with Crippen molar-refractivity contribution >= 4 is 40.2 Å². The molecule has 1 N–H and O–H groups in total. The van der Waals surface area contributed by atoms with Gasteiger partial charge >= 0.3 is 11.9 Å². The Morgan fingerprint density at radius 3 is 2.29 bits per heavy atom. The molecule has 2 amide bonds. The summed E-state index contributed by atoms with van der Waals surface area (Å²) in [6.45, 7) is 2.80. The maximum atomic E-state index is 13.0. The van der Waals surface area contributed by atoms with Gasteiger partial charge in [0.15, 0.2) is 11.7 Å². The number of esters is 2. The average molecular weight is 496 g/mol. The second-order valence-corrected chi connectivity index (χ2v) is 8.28. The second-order valence-electron chi connectivity index (χ2n) is 7.31. The maximum Gasteiger partial charge on any atom is 0.350 e. The third-order valence-corrected chi connectivity index (χ3v) is 5.91. The zero-order chi connectivity index (χ0) is 25.2. The monoisotopic (exact) mass is 495 g/mol. The van der Waals surface area contributed by atoms with Crippen molar-refractivity contribution in [3.8, 4) is 0 Å². The number of hydrogen-bond acceptors (Lipinski definition) is 8.